The number of aromatic nitrogens is 1. The van der Waals surface area contributed by atoms with Gasteiger partial charge in [-0.1, -0.05) is 24.1 Å². The van der Waals surface area contributed by atoms with Crippen LogP contribution in [-0.2, 0) is 6.42 Å². The van der Waals surface area contributed by atoms with Crippen LogP contribution in [0.3, 0.4) is 0 Å². The van der Waals surface area contributed by atoms with Crippen molar-refractivity contribution in [2.75, 3.05) is 6.54 Å². The highest BCUT2D eigenvalue weighted by molar-refractivity contribution is 14.1. The summed E-state index contributed by atoms with van der Waals surface area (Å²) in [5.41, 5.74) is 4.13. The van der Waals surface area contributed by atoms with Gasteiger partial charge in [0, 0.05) is 51.7 Å². The van der Waals surface area contributed by atoms with E-state index in [0.29, 0.717) is 6.04 Å². The smallest absolute Gasteiger partial charge is 0.0485 e. The van der Waals surface area contributed by atoms with E-state index >= 15 is 0 Å². The Hall–Kier alpha value is -0.990. The van der Waals surface area contributed by atoms with Crippen molar-refractivity contribution in [1.29, 1.82) is 0 Å². The molecule has 0 spiro atoms. The lowest BCUT2D eigenvalue weighted by atomic mass is 9.96. The Kier molecular flexibility index (Phi) is 3.57. The van der Waals surface area contributed by atoms with Gasteiger partial charge in [-0.25, -0.2) is 0 Å². The van der Waals surface area contributed by atoms with Crippen molar-refractivity contribution in [3.8, 4) is 9.85 Å². The summed E-state index contributed by atoms with van der Waals surface area (Å²) in [5, 5.41) is 4.98. The lowest BCUT2D eigenvalue weighted by Crippen LogP contribution is -2.29. The van der Waals surface area contributed by atoms with Crippen molar-refractivity contribution in [3.63, 3.8) is 0 Å². The highest BCUT2D eigenvalue weighted by Crippen LogP contribution is 2.31. The first kappa shape index (κ1) is 12.1. The van der Waals surface area contributed by atoms with Crippen molar-refractivity contribution in [3.05, 3.63) is 35.5 Å². The summed E-state index contributed by atoms with van der Waals surface area (Å²) in [6.07, 6.45) is 3.15. The third-order valence-corrected chi connectivity index (χ3v) is 3.97. The van der Waals surface area contributed by atoms with Gasteiger partial charge in [0.05, 0.1) is 0 Å². The summed E-state index contributed by atoms with van der Waals surface area (Å²) in [4.78, 5) is 3.58. The zero-order chi connectivity index (χ0) is 12.4. The van der Waals surface area contributed by atoms with Crippen LogP contribution >= 0.6 is 22.6 Å². The molecule has 18 heavy (non-hydrogen) atoms. The topological polar surface area (TPSA) is 27.8 Å². The van der Waals surface area contributed by atoms with E-state index in [1.165, 1.54) is 22.2 Å². The van der Waals surface area contributed by atoms with Crippen molar-refractivity contribution in [2.24, 2.45) is 0 Å². The molecule has 2 N–H and O–H groups in total. The number of para-hydroxylation sites is 1. The molecule has 1 aliphatic heterocycles. The number of H-pyrrole nitrogens is 1. The molecule has 0 radical (unpaired) electrons. The van der Waals surface area contributed by atoms with Gasteiger partial charge in [-0.15, -0.1) is 0 Å². The predicted molar refractivity (Wildman–Crippen MR) is 83.8 cm³/mol. The predicted octanol–water partition coefficient (Wildman–Crippen LogP) is 3.53. The molecule has 1 atom stereocenters. The molecule has 0 fully saturated rings. The molecule has 2 heterocycles. The number of hydrogen-bond acceptors (Lipinski definition) is 1. The molecule has 2 nitrogen and oxygen atoms in total. The molecule has 3 heteroatoms. The molecule has 1 aromatic carbocycles. The fraction of sp³-hybridized carbons (Fsp3) is 0.333. The van der Waals surface area contributed by atoms with Crippen molar-refractivity contribution < 1.29 is 0 Å². The third kappa shape index (κ3) is 2.15. The number of nitrogens with one attached hydrogen (secondary N) is 2. The van der Waals surface area contributed by atoms with Crippen LogP contribution < -0.4 is 5.32 Å². The van der Waals surface area contributed by atoms with Crippen LogP contribution in [0, 0.1) is 9.85 Å². The van der Waals surface area contributed by atoms with Gasteiger partial charge < -0.3 is 10.3 Å². The van der Waals surface area contributed by atoms with E-state index in [9.17, 15) is 0 Å². The SMILES string of the molecule is IC#CCCC1NCCc2c1[nH]c1ccccc21. The molecule has 1 unspecified atom stereocenters. The van der Waals surface area contributed by atoms with E-state index in [0.717, 1.165) is 25.8 Å². The minimum Gasteiger partial charge on any atom is -0.357 e. The summed E-state index contributed by atoms with van der Waals surface area (Å²) in [7, 11) is 0. The minimum atomic E-state index is 0.429. The van der Waals surface area contributed by atoms with Gasteiger partial charge in [0.15, 0.2) is 0 Å². The molecule has 92 valence electrons. The molecule has 1 aliphatic rings. The second-order valence-electron chi connectivity index (χ2n) is 4.63. The Bertz CT molecular complexity index is 618. The maximum atomic E-state index is 3.59. The number of halogens is 1. The average Bonchev–Trinajstić information content (AvgIpc) is 2.79. The van der Waals surface area contributed by atoms with Gasteiger partial charge in [0.1, 0.15) is 0 Å². The number of aromatic amines is 1. The highest BCUT2D eigenvalue weighted by Gasteiger charge is 2.22. The van der Waals surface area contributed by atoms with E-state index in [-0.39, 0.29) is 0 Å². The summed E-state index contributed by atoms with van der Waals surface area (Å²) >= 11 is 2.10. The molecule has 0 bridgehead atoms. The maximum absolute atomic E-state index is 3.59. The van der Waals surface area contributed by atoms with E-state index in [1.54, 1.807) is 0 Å². The summed E-state index contributed by atoms with van der Waals surface area (Å²) in [6.45, 7) is 1.07. The minimum absolute atomic E-state index is 0.429. The van der Waals surface area contributed by atoms with Crippen molar-refractivity contribution in [2.45, 2.75) is 25.3 Å². The number of benzene rings is 1. The largest absolute Gasteiger partial charge is 0.357 e. The molecule has 0 aliphatic carbocycles. The van der Waals surface area contributed by atoms with Crippen LogP contribution in [-0.4, -0.2) is 11.5 Å². The monoisotopic (exact) mass is 350 g/mol. The van der Waals surface area contributed by atoms with Crippen LogP contribution in [0.2, 0.25) is 0 Å². The van der Waals surface area contributed by atoms with Gasteiger partial charge in [-0.3, -0.25) is 0 Å². The van der Waals surface area contributed by atoms with Crippen molar-refractivity contribution >= 4 is 33.5 Å². The third-order valence-electron chi connectivity index (χ3n) is 3.59. The lowest BCUT2D eigenvalue weighted by Gasteiger charge is -2.23. The molecule has 0 saturated heterocycles. The zero-order valence-corrected chi connectivity index (χ0v) is 12.3. The number of rotatable bonds is 2. The summed E-state index contributed by atoms with van der Waals surface area (Å²) in [6, 6.07) is 9.02. The van der Waals surface area contributed by atoms with Crippen LogP contribution in [0.5, 0.6) is 0 Å². The Balaban J connectivity index is 1.96. The van der Waals surface area contributed by atoms with Crippen LogP contribution in [0.4, 0.5) is 0 Å². The zero-order valence-electron chi connectivity index (χ0n) is 10.1. The van der Waals surface area contributed by atoms with Gasteiger partial charge in [-0.2, -0.15) is 0 Å². The normalized spacial score (nSPS) is 18.2. The fourth-order valence-corrected chi connectivity index (χ4v) is 3.04. The first-order valence-corrected chi connectivity index (χ1v) is 7.39. The number of hydrogen-bond donors (Lipinski definition) is 2. The fourth-order valence-electron chi connectivity index (χ4n) is 2.77. The van der Waals surface area contributed by atoms with Crippen molar-refractivity contribution in [1.82, 2.24) is 10.3 Å². The first-order valence-electron chi connectivity index (χ1n) is 6.31. The summed E-state index contributed by atoms with van der Waals surface area (Å²) < 4.78 is 2.94. The molecule has 1 aromatic heterocycles. The standard InChI is InChI=1S/C15H15IN2/c16-9-4-3-7-14-15-12(8-10-17-14)11-5-1-2-6-13(11)18-15/h1-2,5-6,14,17-18H,3,7-8,10H2. The molecule has 2 aromatic rings. The van der Waals surface area contributed by atoms with Crippen LogP contribution in [0.15, 0.2) is 24.3 Å². The molecular formula is C15H15IN2. The number of fused-ring (bicyclic) bond motifs is 3. The Morgan fingerprint density at radius 2 is 2.22 bits per heavy atom. The van der Waals surface area contributed by atoms with E-state index < -0.39 is 0 Å². The van der Waals surface area contributed by atoms with E-state index in [4.69, 9.17) is 0 Å². The van der Waals surface area contributed by atoms with Gasteiger partial charge in [0.2, 0.25) is 0 Å². The Morgan fingerprint density at radius 3 is 3.11 bits per heavy atom. The second kappa shape index (κ2) is 5.33. The Morgan fingerprint density at radius 1 is 1.33 bits per heavy atom. The molecule has 0 amide bonds. The molecule has 3 rings (SSSR count). The van der Waals surface area contributed by atoms with Crippen LogP contribution in [0.1, 0.15) is 30.1 Å². The van der Waals surface area contributed by atoms with Gasteiger partial charge >= 0.3 is 0 Å². The molecular weight excluding hydrogens is 335 g/mol. The summed E-state index contributed by atoms with van der Waals surface area (Å²) in [5.74, 6) is 3.14. The van der Waals surface area contributed by atoms with Crippen LogP contribution in [0.25, 0.3) is 10.9 Å². The van der Waals surface area contributed by atoms with E-state index in [2.05, 4.69) is 67.0 Å². The first-order chi connectivity index (χ1) is 8.90. The Labute approximate surface area is 121 Å². The molecule has 0 saturated carbocycles. The quantitative estimate of drug-likeness (QED) is 0.630. The highest BCUT2D eigenvalue weighted by atomic mass is 127. The lowest BCUT2D eigenvalue weighted by molar-refractivity contribution is 0.474. The van der Waals surface area contributed by atoms with E-state index in [1.807, 2.05) is 0 Å². The average molecular weight is 350 g/mol. The second-order valence-corrected chi connectivity index (χ2v) is 5.17. The van der Waals surface area contributed by atoms with Gasteiger partial charge in [-0.05, 0) is 34.9 Å². The maximum Gasteiger partial charge on any atom is 0.0485 e. The van der Waals surface area contributed by atoms with Gasteiger partial charge in [0.25, 0.3) is 0 Å².